The third-order valence-corrected chi connectivity index (χ3v) is 2.54. The van der Waals surface area contributed by atoms with Crippen molar-refractivity contribution in [1.82, 2.24) is 9.97 Å². The first-order chi connectivity index (χ1) is 8.77. The van der Waals surface area contributed by atoms with Crippen molar-refractivity contribution in [2.75, 3.05) is 24.2 Å². The molecular weight excluding hydrogens is 261 g/mol. The topological polar surface area (TPSA) is 70.1 Å². The van der Waals surface area contributed by atoms with Crippen LogP contribution in [0.25, 0.3) is 0 Å². The van der Waals surface area contributed by atoms with E-state index in [1.54, 1.807) is 7.05 Å². The van der Waals surface area contributed by atoms with Crippen molar-refractivity contribution in [2.45, 2.75) is 32.0 Å². The van der Waals surface area contributed by atoms with Crippen molar-refractivity contribution in [2.24, 2.45) is 0 Å². The number of aromatic nitrogens is 2. The second-order valence-corrected chi connectivity index (χ2v) is 4.33. The molecule has 0 radical (unpaired) electrons. The van der Waals surface area contributed by atoms with E-state index in [0.29, 0.717) is 11.4 Å². The van der Waals surface area contributed by atoms with Crippen LogP contribution >= 0.6 is 0 Å². The highest BCUT2D eigenvalue weighted by molar-refractivity contribution is 5.58. The third-order valence-electron chi connectivity index (χ3n) is 2.54. The fourth-order valence-electron chi connectivity index (χ4n) is 1.59. The Morgan fingerprint density at radius 3 is 2.32 bits per heavy atom. The number of rotatable bonds is 5. The van der Waals surface area contributed by atoms with Crippen LogP contribution in [0.4, 0.5) is 24.8 Å². The number of anilines is 2. The molecule has 1 unspecified atom stereocenters. The highest BCUT2D eigenvalue weighted by Gasteiger charge is 2.38. The number of alkyl halides is 3. The molecule has 0 aromatic carbocycles. The van der Waals surface area contributed by atoms with Crippen LogP contribution in [0.2, 0.25) is 0 Å². The Morgan fingerprint density at radius 2 is 1.84 bits per heavy atom. The molecule has 0 saturated carbocycles. The van der Waals surface area contributed by atoms with E-state index in [1.807, 2.05) is 13.8 Å². The first kappa shape index (κ1) is 15.5. The number of aliphatic hydroxyl groups excluding tert-OH is 1. The number of hydrogen-bond donors (Lipinski definition) is 3. The first-order valence-corrected chi connectivity index (χ1v) is 5.78. The second-order valence-electron chi connectivity index (χ2n) is 4.33. The van der Waals surface area contributed by atoms with E-state index in [0.717, 1.165) is 0 Å². The van der Waals surface area contributed by atoms with Crippen LogP contribution in [0, 0.1) is 0 Å². The molecule has 1 heterocycles. The lowest BCUT2D eigenvalue weighted by molar-refractivity contribution is -0.198. The molecule has 0 bridgehead atoms. The quantitative estimate of drug-likeness (QED) is 0.768. The third kappa shape index (κ3) is 3.95. The van der Waals surface area contributed by atoms with Crippen LogP contribution in [0.15, 0.2) is 6.33 Å². The molecule has 0 spiro atoms. The molecule has 19 heavy (non-hydrogen) atoms. The summed E-state index contributed by atoms with van der Waals surface area (Å²) in [4.78, 5) is 7.93. The molecular formula is C11H17F3N4O. The maximum atomic E-state index is 12.2. The molecule has 5 nitrogen and oxygen atoms in total. The van der Waals surface area contributed by atoms with Gasteiger partial charge in [-0.3, -0.25) is 0 Å². The lowest BCUT2D eigenvalue weighted by atomic mass is 10.0. The Kier molecular flexibility index (Phi) is 4.93. The van der Waals surface area contributed by atoms with E-state index in [4.69, 9.17) is 5.11 Å². The van der Waals surface area contributed by atoms with Crippen molar-refractivity contribution in [3.8, 4) is 0 Å². The van der Waals surface area contributed by atoms with Gasteiger partial charge in [0.05, 0.1) is 6.54 Å². The predicted octanol–water partition coefficient (Wildman–Crippen LogP) is 1.98. The van der Waals surface area contributed by atoms with E-state index in [-0.39, 0.29) is 11.7 Å². The fourth-order valence-corrected chi connectivity index (χ4v) is 1.59. The largest absolute Gasteiger partial charge is 0.416 e. The molecule has 0 amide bonds. The van der Waals surface area contributed by atoms with Crippen LogP contribution in [-0.4, -0.2) is 40.9 Å². The van der Waals surface area contributed by atoms with E-state index in [1.165, 1.54) is 6.33 Å². The molecule has 1 aromatic heterocycles. The summed E-state index contributed by atoms with van der Waals surface area (Å²) in [6.45, 7) is 3.11. The summed E-state index contributed by atoms with van der Waals surface area (Å²) >= 11 is 0. The van der Waals surface area contributed by atoms with Crippen molar-refractivity contribution >= 4 is 11.6 Å². The molecule has 1 aromatic rings. The van der Waals surface area contributed by atoms with Gasteiger partial charge in [-0.2, -0.15) is 13.2 Å². The average molecular weight is 278 g/mol. The van der Waals surface area contributed by atoms with Gasteiger partial charge in [0, 0.05) is 12.6 Å². The molecule has 0 fully saturated rings. The van der Waals surface area contributed by atoms with Crippen molar-refractivity contribution in [3.63, 3.8) is 0 Å². The Labute approximate surface area is 109 Å². The SMILES string of the molecule is CNc1ncnc(NCC(O)C(F)(F)F)c1C(C)C. The zero-order chi connectivity index (χ0) is 14.6. The van der Waals surface area contributed by atoms with Gasteiger partial charge in [-0.25, -0.2) is 9.97 Å². The lowest BCUT2D eigenvalue weighted by Gasteiger charge is -2.19. The molecule has 0 saturated heterocycles. The Hall–Kier alpha value is -1.57. The van der Waals surface area contributed by atoms with Gasteiger partial charge in [0.2, 0.25) is 0 Å². The van der Waals surface area contributed by atoms with Gasteiger partial charge in [-0.05, 0) is 5.92 Å². The molecule has 0 aliphatic carbocycles. The smallest absolute Gasteiger partial charge is 0.382 e. The highest BCUT2D eigenvalue weighted by atomic mass is 19.4. The summed E-state index contributed by atoms with van der Waals surface area (Å²) in [5, 5.41) is 14.3. The van der Waals surface area contributed by atoms with Crippen molar-refractivity contribution in [1.29, 1.82) is 0 Å². The van der Waals surface area contributed by atoms with Gasteiger partial charge in [0.15, 0.2) is 6.10 Å². The second kappa shape index (κ2) is 6.05. The van der Waals surface area contributed by atoms with Crippen LogP contribution in [0.3, 0.4) is 0 Å². The van der Waals surface area contributed by atoms with E-state index < -0.39 is 18.8 Å². The maximum absolute atomic E-state index is 12.2. The van der Waals surface area contributed by atoms with Gasteiger partial charge >= 0.3 is 6.18 Å². The Morgan fingerprint density at radius 1 is 1.26 bits per heavy atom. The monoisotopic (exact) mass is 278 g/mol. The summed E-state index contributed by atoms with van der Waals surface area (Å²) in [5.41, 5.74) is 0.680. The van der Waals surface area contributed by atoms with Gasteiger partial charge in [0.1, 0.15) is 18.0 Å². The molecule has 3 N–H and O–H groups in total. The zero-order valence-corrected chi connectivity index (χ0v) is 10.9. The van der Waals surface area contributed by atoms with E-state index in [9.17, 15) is 13.2 Å². The Balaban J connectivity index is 2.90. The maximum Gasteiger partial charge on any atom is 0.416 e. The summed E-state index contributed by atoms with van der Waals surface area (Å²) in [6.07, 6.45) is -5.83. The van der Waals surface area contributed by atoms with Gasteiger partial charge < -0.3 is 15.7 Å². The van der Waals surface area contributed by atoms with Crippen LogP contribution in [-0.2, 0) is 0 Å². The van der Waals surface area contributed by atoms with Crippen LogP contribution in [0.1, 0.15) is 25.3 Å². The van der Waals surface area contributed by atoms with E-state index >= 15 is 0 Å². The van der Waals surface area contributed by atoms with Crippen LogP contribution in [0.5, 0.6) is 0 Å². The van der Waals surface area contributed by atoms with Gasteiger partial charge in [-0.1, -0.05) is 13.8 Å². The number of hydrogen-bond acceptors (Lipinski definition) is 5. The minimum atomic E-state index is -4.65. The molecule has 108 valence electrons. The molecule has 0 aliphatic rings. The van der Waals surface area contributed by atoms with E-state index in [2.05, 4.69) is 20.6 Å². The Bertz CT molecular complexity index is 423. The highest BCUT2D eigenvalue weighted by Crippen LogP contribution is 2.28. The fraction of sp³-hybridized carbons (Fsp3) is 0.636. The summed E-state index contributed by atoms with van der Waals surface area (Å²) < 4.78 is 36.7. The standard InChI is InChI=1S/C11H17F3N4O/c1-6(2)8-9(15-3)17-5-18-10(8)16-4-7(19)11(12,13)14/h5-7,19H,4H2,1-3H3,(H2,15,16,17,18). The lowest BCUT2D eigenvalue weighted by Crippen LogP contribution is -2.35. The van der Waals surface area contributed by atoms with Crippen molar-refractivity contribution < 1.29 is 18.3 Å². The molecule has 0 aliphatic heterocycles. The number of nitrogens with zero attached hydrogens (tertiary/aromatic N) is 2. The number of aliphatic hydroxyl groups is 1. The van der Waals surface area contributed by atoms with Gasteiger partial charge in [0.25, 0.3) is 0 Å². The minimum Gasteiger partial charge on any atom is -0.382 e. The normalized spacial score (nSPS) is 13.5. The first-order valence-electron chi connectivity index (χ1n) is 5.78. The van der Waals surface area contributed by atoms with Gasteiger partial charge in [-0.15, -0.1) is 0 Å². The summed E-state index contributed by atoms with van der Waals surface area (Å²) in [7, 11) is 1.67. The van der Waals surface area contributed by atoms with Crippen molar-refractivity contribution in [3.05, 3.63) is 11.9 Å². The molecule has 8 heteroatoms. The molecule has 1 rings (SSSR count). The van der Waals surface area contributed by atoms with Crippen LogP contribution < -0.4 is 10.6 Å². The summed E-state index contributed by atoms with van der Waals surface area (Å²) in [5.74, 6) is 0.862. The number of nitrogens with one attached hydrogen (secondary N) is 2. The average Bonchev–Trinajstić information content (AvgIpc) is 2.33. The predicted molar refractivity (Wildman–Crippen MR) is 66.2 cm³/mol. The summed E-state index contributed by atoms with van der Waals surface area (Å²) in [6, 6.07) is 0. The number of halogens is 3. The minimum absolute atomic E-state index is 0.0224. The zero-order valence-electron chi connectivity index (χ0n) is 10.9. The molecule has 1 atom stereocenters.